The van der Waals surface area contributed by atoms with Crippen molar-refractivity contribution in [3.63, 3.8) is 0 Å². The van der Waals surface area contributed by atoms with Gasteiger partial charge in [-0.1, -0.05) is 53.3 Å². The second-order valence-electron chi connectivity index (χ2n) is 5.25. The number of benzene rings is 1. The summed E-state index contributed by atoms with van der Waals surface area (Å²) in [6, 6.07) is 7.65. The van der Waals surface area contributed by atoms with Gasteiger partial charge in [0.05, 0.1) is 5.39 Å². The summed E-state index contributed by atoms with van der Waals surface area (Å²) in [5, 5.41) is 6.02. The van der Waals surface area contributed by atoms with E-state index >= 15 is 0 Å². The van der Waals surface area contributed by atoms with Gasteiger partial charge in [-0.2, -0.15) is 0 Å². The van der Waals surface area contributed by atoms with Crippen molar-refractivity contribution in [1.82, 2.24) is 15.1 Å². The van der Waals surface area contributed by atoms with Gasteiger partial charge in [-0.15, -0.1) is 0 Å². The number of H-pyrrole nitrogens is 1. The van der Waals surface area contributed by atoms with Gasteiger partial charge in [0, 0.05) is 12.7 Å². The topological polar surface area (TPSA) is 62.7 Å². The number of hydrogen-bond donors (Lipinski definition) is 1. The highest BCUT2D eigenvalue weighted by molar-refractivity contribution is 7.99. The summed E-state index contributed by atoms with van der Waals surface area (Å²) < 4.78 is 1.66. The molecule has 0 radical (unpaired) electrons. The summed E-state index contributed by atoms with van der Waals surface area (Å²) >= 11 is 1.59. The quantitative estimate of drug-likeness (QED) is 0.340. The van der Waals surface area contributed by atoms with E-state index in [2.05, 4.69) is 22.0 Å². The second-order valence-corrected chi connectivity index (χ2v) is 6.34. The van der Waals surface area contributed by atoms with Crippen LogP contribution in [0.4, 0.5) is 0 Å². The molecule has 3 rings (SSSR count). The molecule has 0 aliphatic carbocycles. The SMILES string of the molecule is CCCCCSc1n[n+]2c(C)nc3ccccc3c2c(=O)[nH]1. The number of fused-ring (bicyclic) bond motifs is 3. The second kappa shape index (κ2) is 6.44. The number of nitrogens with zero attached hydrogens (tertiary/aromatic N) is 3. The molecule has 2 heterocycles. The zero-order valence-electron chi connectivity index (χ0n) is 12.8. The smallest absolute Gasteiger partial charge is 0.295 e. The highest BCUT2D eigenvalue weighted by atomic mass is 32.2. The van der Waals surface area contributed by atoms with Crippen LogP contribution in [0.5, 0.6) is 0 Å². The molecule has 0 unspecified atom stereocenters. The summed E-state index contributed by atoms with van der Waals surface area (Å²) in [5.41, 5.74) is 1.26. The minimum absolute atomic E-state index is 0.116. The van der Waals surface area contributed by atoms with Crippen LogP contribution in [0.15, 0.2) is 34.2 Å². The van der Waals surface area contributed by atoms with Crippen LogP contribution in [0.3, 0.4) is 0 Å². The molecule has 0 saturated carbocycles. The van der Waals surface area contributed by atoms with Crippen molar-refractivity contribution in [1.29, 1.82) is 0 Å². The average Bonchev–Trinajstić information content (AvgIpc) is 2.52. The van der Waals surface area contributed by atoms with E-state index in [1.807, 2.05) is 31.2 Å². The van der Waals surface area contributed by atoms with E-state index < -0.39 is 0 Å². The van der Waals surface area contributed by atoms with Crippen LogP contribution >= 0.6 is 11.8 Å². The summed E-state index contributed by atoms with van der Waals surface area (Å²) in [6.07, 6.45) is 3.51. The molecule has 0 spiro atoms. The lowest BCUT2D eigenvalue weighted by atomic mass is 10.2. The Labute approximate surface area is 132 Å². The maximum absolute atomic E-state index is 12.5. The third-order valence-corrected chi connectivity index (χ3v) is 4.52. The summed E-state index contributed by atoms with van der Waals surface area (Å²) in [5.74, 6) is 1.68. The van der Waals surface area contributed by atoms with Crippen molar-refractivity contribution < 1.29 is 4.52 Å². The first-order chi connectivity index (χ1) is 10.7. The molecule has 2 aromatic heterocycles. The first kappa shape index (κ1) is 15.0. The number of rotatable bonds is 5. The first-order valence-corrected chi connectivity index (χ1v) is 8.54. The van der Waals surface area contributed by atoms with E-state index in [0.717, 1.165) is 28.9 Å². The van der Waals surface area contributed by atoms with Gasteiger partial charge in [-0.25, -0.2) is 0 Å². The average molecular weight is 315 g/mol. The molecule has 0 bridgehead atoms. The van der Waals surface area contributed by atoms with Gasteiger partial charge in [-0.05, 0) is 23.5 Å². The molecular weight excluding hydrogens is 296 g/mol. The van der Waals surface area contributed by atoms with Crippen molar-refractivity contribution in [2.75, 3.05) is 5.75 Å². The number of thioether (sulfide) groups is 1. The number of aryl methyl sites for hydroxylation is 1. The molecule has 5 nitrogen and oxygen atoms in total. The van der Waals surface area contributed by atoms with Crippen molar-refractivity contribution in [2.24, 2.45) is 0 Å². The van der Waals surface area contributed by atoms with Crippen LogP contribution < -0.4 is 10.1 Å². The van der Waals surface area contributed by atoms with E-state index in [4.69, 9.17) is 0 Å². The van der Waals surface area contributed by atoms with E-state index in [1.165, 1.54) is 12.8 Å². The number of hydrogen-bond acceptors (Lipinski definition) is 4. The third-order valence-electron chi connectivity index (χ3n) is 3.57. The van der Waals surface area contributed by atoms with Crippen molar-refractivity contribution in [2.45, 2.75) is 38.3 Å². The van der Waals surface area contributed by atoms with E-state index in [9.17, 15) is 4.79 Å². The van der Waals surface area contributed by atoms with Crippen LogP contribution in [0.25, 0.3) is 16.4 Å². The lowest BCUT2D eigenvalue weighted by molar-refractivity contribution is -0.596. The number of para-hydroxylation sites is 1. The molecule has 1 aromatic carbocycles. The Balaban J connectivity index is 2.08. The lowest BCUT2D eigenvalue weighted by Gasteiger charge is -2.02. The van der Waals surface area contributed by atoms with Crippen LogP contribution in [0.1, 0.15) is 32.0 Å². The fourth-order valence-electron chi connectivity index (χ4n) is 2.47. The zero-order chi connectivity index (χ0) is 15.5. The highest BCUT2D eigenvalue weighted by Crippen LogP contribution is 2.15. The van der Waals surface area contributed by atoms with Gasteiger partial charge in [-0.3, -0.25) is 9.78 Å². The summed E-state index contributed by atoms with van der Waals surface area (Å²) in [7, 11) is 0. The Morgan fingerprint density at radius 3 is 2.91 bits per heavy atom. The molecule has 0 amide bonds. The predicted molar refractivity (Wildman–Crippen MR) is 88.3 cm³/mol. The molecule has 0 saturated heterocycles. The van der Waals surface area contributed by atoms with Gasteiger partial charge < -0.3 is 0 Å². The van der Waals surface area contributed by atoms with E-state index in [-0.39, 0.29) is 5.56 Å². The van der Waals surface area contributed by atoms with Gasteiger partial charge in [0.1, 0.15) is 0 Å². The lowest BCUT2D eigenvalue weighted by Crippen LogP contribution is -2.38. The Kier molecular flexibility index (Phi) is 4.38. The van der Waals surface area contributed by atoms with E-state index in [0.29, 0.717) is 10.7 Å². The van der Waals surface area contributed by atoms with Gasteiger partial charge in [0.15, 0.2) is 5.52 Å². The fourth-order valence-corrected chi connectivity index (χ4v) is 3.31. The maximum Gasteiger partial charge on any atom is 0.321 e. The molecule has 114 valence electrons. The highest BCUT2D eigenvalue weighted by Gasteiger charge is 2.18. The fraction of sp³-hybridized carbons (Fsp3) is 0.375. The summed E-state index contributed by atoms with van der Waals surface area (Å²) in [6.45, 7) is 4.05. The maximum atomic E-state index is 12.5. The molecule has 0 atom stereocenters. The van der Waals surface area contributed by atoms with Crippen LogP contribution in [0.2, 0.25) is 0 Å². The van der Waals surface area contributed by atoms with Gasteiger partial charge >= 0.3 is 11.4 Å². The minimum atomic E-state index is -0.116. The largest absolute Gasteiger partial charge is 0.321 e. The molecular formula is C16H19N4OS+. The Bertz CT molecular complexity index is 875. The van der Waals surface area contributed by atoms with Crippen LogP contribution in [-0.4, -0.2) is 20.8 Å². The number of unbranched alkanes of at least 4 members (excludes halogenated alkanes) is 2. The van der Waals surface area contributed by atoms with Crippen LogP contribution in [-0.2, 0) is 0 Å². The van der Waals surface area contributed by atoms with Crippen molar-refractivity contribution >= 4 is 28.2 Å². The molecule has 0 aliphatic rings. The molecule has 3 aromatic rings. The molecule has 0 aliphatic heterocycles. The van der Waals surface area contributed by atoms with Crippen molar-refractivity contribution in [3.8, 4) is 0 Å². The zero-order valence-corrected chi connectivity index (χ0v) is 13.6. The molecule has 0 fully saturated rings. The molecule has 6 heteroatoms. The van der Waals surface area contributed by atoms with Gasteiger partial charge in [0.25, 0.3) is 0 Å². The number of aromatic nitrogens is 4. The van der Waals surface area contributed by atoms with E-state index in [1.54, 1.807) is 16.3 Å². The minimum Gasteiger partial charge on any atom is -0.295 e. The first-order valence-electron chi connectivity index (χ1n) is 7.55. The third kappa shape index (κ3) is 2.83. The Morgan fingerprint density at radius 1 is 1.27 bits per heavy atom. The normalized spacial score (nSPS) is 11.4. The Hall–Kier alpha value is -1.95. The van der Waals surface area contributed by atoms with Crippen molar-refractivity contribution in [3.05, 3.63) is 40.4 Å². The van der Waals surface area contributed by atoms with Crippen LogP contribution in [0, 0.1) is 6.92 Å². The number of nitrogens with one attached hydrogen (secondary N) is 1. The predicted octanol–water partition coefficient (Wildman–Crippen LogP) is 2.65. The summed E-state index contributed by atoms with van der Waals surface area (Å²) in [4.78, 5) is 19.9. The standard InChI is InChI=1S/C16H18N4OS/c1-3-4-7-10-22-16-18-15(21)14-12-8-5-6-9-13(12)17-11(2)20(14)19-16/h5-6,8-9H,3-4,7,10H2,1-2H3/p+1. The monoisotopic (exact) mass is 315 g/mol. The number of aromatic amines is 1. The van der Waals surface area contributed by atoms with Gasteiger partial charge in [0.2, 0.25) is 10.7 Å². The molecule has 22 heavy (non-hydrogen) atoms. The Morgan fingerprint density at radius 2 is 2.09 bits per heavy atom. The molecule has 1 N–H and O–H groups in total.